The Hall–Kier alpha value is -1.70. The second kappa shape index (κ2) is 6.23. The summed E-state index contributed by atoms with van der Waals surface area (Å²) in [7, 11) is 4.18. The van der Waals surface area contributed by atoms with Gasteiger partial charge >= 0.3 is 0 Å². The maximum absolute atomic E-state index is 13.5. The summed E-state index contributed by atoms with van der Waals surface area (Å²) in [5.41, 5.74) is 1.71. The van der Waals surface area contributed by atoms with Crippen molar-refractivity contribution in [2.24, 2.45) is 23.7 Å². The van der Waals surface area contributed by atoms with Crippen LogP contribution in [0.5, 0.6) is 0 Å². The first kappa shape index (κ1) is 16.8. The molecule has 1 saturated heterocycles. The van der Waals surface area contributed by atoms with Crippen molar-refractivity contribution in [3.8, 4) is 0 Å². The van der Waals surface area contributed by atoms with Crippen LogP contribution in [0.25, 0.3) is 4.85 Å². The molecule has 2 fully saturated rings. The van der Waals surface area contributed by atoms with Crippen LogP contribution in [0, 0.1) is 36.1 Å². The minimum absolute atomic E-state index is 0.204. The normalized spacial score (nSPS) is 35.7. The minimum Gasteiger partial charge on any atom is -0.370 e. The van der Waals surface area contributed by atoms with E-state index < -0.39 is 0 Å². The molecule has 1 aliphatic heterocycles. The zero-order valence-electron chi connectivity index (χ0n) is 14.9. The molecule has 4 rings (SSSR count). The van der Waals surface area contributed by atoms with Crippen molar-refractivity contribution in [3.05, 3.63) is 58.8 Å². The second-order valence-electron chi connectivity index (χ2n) is 8.01. The van der Waals surface area contributed by atoms with Crippen molar-refractivity contribution in [1.29, 1.82) is 0 Å². The van der Waals surface area contributed by atoms with E-state index in [-0.39, 0.29) is 11.4 Å². The van der Waals surface area contributed by atoms with E-state index in [1.807, 2.05) is 12.1 Å². The third-order valence-corrected chi connectivity index (χ3v) is 6.42. The van der Waals surface area contributed by atoms with E-state index in [0.29, 0.717) is 23.7 Å². The van der Waals surface area contributed by atoms with Crippen molar-refractivity contribution >= 4 is 0 Å². The second-order valence-corrected chi connectivity index (χ2v) is 8.01. The van der Waals surface area contributed by atoms with Crippen molar-refractivity contribution < 1.29 is 9.13 Å². The van der Waals surface area contributed by atoms with Crippen LogP contribution in [0.2, 0.25) is 0 Å². The lowest BCUT2D eigenvalue weighted by Gasteiger charge is -2.38. The number of hydrogen-bond donors (Lipinski definition) is 0. The number of rotatable bonds is 5. The molecule has 0 spiro atoms. The Morgan fingerprint density at radius 2 is 2.08 bits per heavy atom. The zero-order chi connectivity index (χ0) is 17.6. The topological polar surface area (TPSA) is 16.8 Å². The van der Waals surface area contributed by atoms with Gasteiger partial charge in [-0.1, -0.05) is 18.2 Å². The molecule has 132 valence electrons. The number of nitrogens with zero attached hydrogens (tertiary/aromatic N) is 2. The number of halogens is 1. The summed E-state index contributed by atoms with van der Waals surface area (Å²) in [6.45, 7) is 9.15. The van der Waals surface area contributed by atoms with Gasteiger partial charge in [-0.2, -0.15) is 0 Å². The van der Waals surface area contributed by atoms with Crippen LogP contribution in [-0.4, -0.2) is 32.1 Å². The first-order chi connectivity index (χ1) is 12.0. The summed E-state index contributed by atoms with van der Waals surface area (Å²) in [6.07, 6.45) is 5.28. The van der Waals surface area contributed by atoms with Crippen LogP contribution >= 0.6 is 0 Å². The molecule has 4 heteroatoms. The Labute approximate surface area is 149 Å². The molecule has 1 aromatic carbocycles. The summed E-state index contributed by atoms with van der Waals surface area (Å²) >= 11 is 0. The Morgan fingerprint density at radius 1 is 1.32 bits per heavy atom. The van der Waals surface area contributed by atoms with Gasteiger partial charge in [0.1, 0.15) is 5.82 Å². The summed E-state index contributed by atoms with van der Waals surface area (Å²) < 4.78 is 20.0. The molecule has 3 aliphatic rings. The number of allylic oxidation sites excluding steroid dienone is 2. The quantitative estimate of drug-likeness (QED) is 0.751. The molecule has 3 nitrogen and oxygen atoms in total. The highest BCUT2D eigenvalue weighted by Gasteiger charge is 2.61. The van der Waals surface area contributed by atoms with Gasteiger partial charge in [-0.3, -0.25) is 0 Å². The summed E-state index contributed by atoms with van der Waals surface area (Å²) in [6, 6.07) is 6.90. The van der Waals surface area contributed by atoms with E-state index in [1.54, 1.807) is 12.1 Å². The van der Waals surface area contributed by atoms with Crippen LogP contribution in [0.1, 0.15) is 24.8 Å². The maximum atomic E-state index is 13.5. The number of ether oxygens (including phenoxy) is 1. The summed E-state index contributed by atoms with van der Waals surface area (Å²) in [5.74, 6) is 1.43. The number of fused-ring (bicyclic) bond motifs is 5. The third-order valence-electron chi connectivity index (χ3n) is 6.42. The lowest BCUT2D eigenvalue weighted by Crippen LogP contribution is -2.37. The lowest BCUT2D eigenvalue weighted by atomic mass is 9.69. The van der Waals surface area contributed by atoms with Crippen LogP contribution in [0.15, 0.2) is 36.0 Å². The first-order valence-corrected chi connectivity index (χ1v) is 9.19. The van der Waals surface area contributed by atoms with Crippen molar-refractivity contribution in [2.75, 3.05) is 27.2 Å². The van der Waals surface area contributed by atoms with Gasteiger partial charge in [0, 0.05) is 5.92 Å². The third kappa shape index (κ3) is 2.61. The van der Waals surface area contributed by atoms with E-state index in [0.717, 1.165) is 43.7 Å². The molecular formula is C21H25FN2O. The molecular weight excluding hydrogens is 315 g/mol. The zero-order valence-corrected chi connectivity index (χ0v) is 14.9. The van der Waals surface area contributed by atoms with E-state index in [9.17, 15) is 4.39 Å². The highest BCUT2D eigenvalue weighted by atomic mass is 19.1. The molecule has 25 heavy (non-hydrogen) atoms. The molecule has 2 aliphatic carbocycles. The summed E-state index contributed by atoms with van der Waals surface area (Å²) in [4.78, 5) is 5.94. The van der Waals surface area contributed by atoms with Gasteiger partial charge in [0.15, 0.2) is 5.70 Å². The monoisotopic (exact) mass is 340 g/mol. The van der Waals surface area contributed by atoms with E-state index in [1.165, 1.54) is 0 Å². The summed E-state index contributed by atoms with van der Waals surface area (Å²) in [5, 5.41) is 0. The van der Waals surface area contributed by atoms with Crippen LogP contribution < -0.4 is 0 Å². The van der Waals surface area contributed by atoms with Gasteiger partial charge in [0.05, 0.1) is 18.8 Å². The SMILES string of the molecule is [C-]#[N+]C1=CC2CC1C1COC(CCCN(C)C)(c3ccc(F)cc3)C21. The Kier molecular flexibility index (Phi) is 4.17. The number of benzene rings is 1. The van der Waals surface area contributed by atoms with Crippen molar-refractivity contribution in [2.45, 2.75) is 24.9 Å². The van der Waals surface area contributed by atoms with E-state index in [2.05, 4.69) is 29.9 Å². The molecule has 0 aromatic heterocycles. The molecule has 1 heterocycles. The lowest BCUT2D eigenvalue weighted by molar-refractivity contribution is -0.0453. The fourth-order valence-electron chi connectivity index (χ4n) is 5.46. The average molecular weight is 340 g/mol. The predicted molar refractivity (Wildman–Crippen MR) is 95.1 cm³/mol. The highest BCUT2D eigenvalue weighted by molar-refractivity contribution is 5.35. The van der Waals surface area contributed by atoms with Gasteiger partial charge in [-0.05, 0) is 75.4 Å². The fourth-order valence-corrected chi connectivity index (χ4v) is 5.46. The predicted octanol–water partition coefficient (Wildman–Crippen LogP) is 4.08. The smallest absolute Gasteiger partial charge is 0.165 e. The molecule has 2 bridgehead atoms. The van der Waals surface area contributed by atoms with Gasteiger partial charge in [0.25, 0.3) is 0 Å². The van der Waals surface area contributed by atoms with Crippen LogP contribution in [0.3, 0.4) is 0 Å². The standard InChI is InChI=1S/C21H25FN2O/c1-23-19-12-14-11-17(19)18-13-25-21(20(14)18,9-4-10-24(2)3)15-5-7-16(22)8-6-15/h5-8,12,14,17-18,20H,4,9-11,13H2,2-3H3. The molecule has 5 unspecified atom stereocenters. The molecule has 1 aromatic rings. The maximum Gasteiger partial charge on any atom is 0.165 e. The fraction of sp³-hybridized carbons (Fsp3) is 0.571. The molecule has 5 atom stereocenters. The Balaban J connectivity index is 1.69. The minimum atomic E-state index is -0.335. The molecule has 1 saturated carbocycles. The van der Waals surface area contributed by atoms with Crippen LogP contribution in [-0.2, 0) is 10.3 Å². The van der Waals surface area contributed by atoms with Crippen molar-refractivity contribution in [1.82, 2.24) is 4.90 Å². The van der Waals surface area contributed by atoms with Gasteiger partial charge in [-0.25, -0.2) is 9.24 Å². The molecule has 0 N–H and O–H groups in total. The van der Waals surface area contributed by atoms with E-state index in [4.69, 9.17) is 11.3 Å². The van der Waals surface area contributed by atoms with Gasteiger partial charge in [0.2, 0.25) is 0 Å². The number of hydrogen-bond acceptors (Lipinski definition) is 2. The Bertz CT molecular complexity index is 720. The van der Waals surface area contributed by atoms with E-state index >= 15 is 0 Å². The first-order valence-electron chi connectivity index (χ1n) is 9.19. The average Bonchev–Trinajstić information content (AvgIpc) is 3.26. The largest absolute Gasteiger partial charge is 0.370 e. The van der Waals surface area contributed by atoms with Crippen LogP contribution in [0.4, 0.5) is 4.39 Å². The Morgan fingerprint density at radius 3 is 2.76 bits per heavy atom. The van der Waals surface area contributed by atoms with Gasteiger partial charge in [-0.15, -0.1) is 0 Å². The molecule has 0 amide bonds. The van der Waals surface area contributed by atoms with Gasteiger partial charge < -0.3 is 9.64 Å². The molecule has 0 radical (unpaired) electrons. The highest BCUT2D eigenvalue weighted by Crippen LogP contribution is 2.63. The van der Waals surface area contributed by atoms with Crippen molar-refractivity contribution in [3.63, 3.8) is 0 Å².